The van der Waals surface area contributed by atoms with Crippen LogP contribution in [0.2, 0.25) is 5.02 Å². The van der Waals surface area contributed by atoms with Gasteiger partial charge in [0, 0.05) is 11.9 Å². The van der Waals surface area contributed by atoms with Crippen LogP contribution in [0.3, 0.4) is 0 Å². The molecule has 0 radical (unpaired) electrons. The Balaban J connectivity index is 1.55. The molecule has 0 spiro atoms. The van der Waals surface area contributed by atoms with Crippen molar-refractivity contribution < 1.29 is 9.68 Å². The molecular formula is C20H23BClN5O2. The Hall–Kier alpha value is -2.42. The molecule has 3 N–H and O–H groups in total. The summed E-state index contributed by atoms with van der Waals surface area (Å²) in [7, 11) is -0.857. The second-order valence-corrected chi connectivity index (χ2v) is 7.78. The number of hydrogen-bond acceptors (Lipinski definition) is 7. The number of benzene rings is 1. The highest BCUT2D eigenvalue weighted by Crippen LogP contribution is 2.29. The summed E-state index contributed by atoms with van der Waals surface area (Å²) in [5.41, 5.74) is 4.80. The molecule has 1 unspecified atom stereocenters. The summed E-state index contributed by atoms with van der Waals surface area (Å²) in [6.45, 7) is 5.90. The van der Waals surface area contributed by atoms with E-state index in [2.05, 4.69) is 32.3 Å². The molecule has 0 amide bonds. The molecule has 0 saturated heterocycles. The zero-order valence-electron chi connectivity index (χ0n) is 16.3. The summed E-state index contributed by atoms with van der Waals surface area (Å²) >= 11 is 6.35. The average molecular weight is 412 g/mol. The van der Waals surface area contributed by atoms with Crippen molar-refractivity contribution in [2.45, 2.75) is 45.3 Å². The first-order chi connectivity index (χ1) is 14.0. The molecule has 150 valence electrons. The lowest BCUT2D eigenvalue weighted by Gasteiger charge is -2.26. The Kier molecular flexibility index (Phi) is 5.85. The third-order valence-electron chi connectivity index (χ3n) is 5.34. The number of nitrogens with one attached hydrogen (secondary N) is 2. The molecule has 2 aliphatic rings. The van der Waals surface area contributed by atoms with E-state index in [4.69, 9.17) is 16.3 Å². The third-order valence-corrected chi connectivity index (χ3v) is 5.62. The van der Waals surface area contributed by atoms with Gasteiger partial charge in [-0.25, -0.2) is 4.98 Å². The quantitative estimate of drug-likeness (QED) is 0.516. The van der Waals surface area contributed by atoms with Crippen molar-refractivity contribution in [3.05, 3.63) is 46.3 Å². The molecule has 1 aliphatic heterocycles. The van der Waals surface area contributed by atoms with Crippen molar-refractivity contribution in [1.29, 1.82) is 0 Å². The van der Waals surface area contributed by atoms with E-state index in [0.29, 0.717) is 23.4 Å². The van der Waals surface area contributed by atoms with Crippen LogP contribution >= 0.6 is 11.6 Å². The Labute approximate surface area is 175 Å². The van der Waals surface area contributed by atoms with Gasteiger partial charge in [0.05, 0.1) is 18.8 Å². The lowest BCUT2D eigenvalue weighted by molar-refractivity contribution is 0.275. The zero-order chi connectivity index (χ0) is 20.4. The summed E-state index contributed by atoms with van der Waals surface area (Å²) < 4.78 is 5.31. The van der Waals surface area contributed by atoms with Crippen LogP contribution in [-0.4, -0.2) is 34.9 Å². The van der Waals surface area contributed by atoms with Gasteiger partial charge in [-0.15, -0.1) is 0 Å². The van der Waals surface area contributed by atoms with E-state index in [1.54, 1.807) is 6.20 Å². The van der Waals surface area contributed by atoms with E-state index in [-0.39, 0.29) is 6.04 Å². The summed E-state index contributed by atoms with van der Waals surface area (Å²) in [5.74, 6) is 1.03. The van der Waals surface area contributed by atoms with Crippen LogP contribution in [0.25, 0.3) is 0 Å². The minimum atomic E-state index is -0.857. The normalized spacial score (nSPS) is 19.9. The smallest absolute Gasteiger partial charge is 0.423 e. The second-order valence-electron chi connectivity index (χ2n) is 7.37. The molecule has 1 aromatic carbocycles. The van der Waals surface area contributed by atoms with Crippen LogP contribution in [0.1, 0.15) is 36.8 Å². The van der Waals surface area contributed by atoms with Gasteiger partial charge in [0.1, 0.15) is 5.02 Å². The molecule has 2 heterocycles. The molecule has 1 fully saturated rings. The third kappa shape index (κ3) is 4.29. The van der Waals surface area contributed by atoms with E-state index < -0.39 is 7.12 Å². The number of rotatable bonds is 5. The highest BCUT2D eigenvalue weighted by Gasteiger charge is 2.29. The fourth-order valence-electron chi connectivity index (χ4n) is 3.96. The summed E-state index contributed by atoms with van der Waals surface area (Å²) in [6.07, 6.45) is 7.70. The topological polar surface area (TPSA) is 91.7 Å². The molecule has 0 bridgehead atoms. The highest BCUT2D eigenvalue weighted by atomic mass is 35.5. The van der Waals surface area contributed by atoms with Crippen molar-refractivity contribution >= 4 is 48.4 Å². The van der Waals surface area contributed by atoms with Crippen molar-refractivity contribution in [2.75, 3.05) is 10.6 Å². The predicted molar refractivity (Wildman–Crippen MR) is 117 cm³/mol. The number of aromatic nitrogens is 2. The Bertz CT molecular complexity index is 968. The standard InChI is InChI=1S/C20H23BClN5O2/c1-12-7-15(8-14-11-29-21(28)18(12)14)25-20-24-10-16(22)19(27-20)26-17-6-4-3-5-13(17)9-23-2/h7-10,17,28H,2-6,11H2,1H3,(H2,24,25,26,27)/b13-9+. The van der Waals surface area contributed by atoms with Crippen LogP contribution in [0.4, 0.5) is 17.5 Å². The van der Waals surface area contributed by atoms with E-state index in [1.165, 1.54) is 5.57 Å². The average Bonchev–Trinajstić information content (AvgIpc) is 3.07. The second kappa shape index (κ2) is 8.53. The van der Waals surface area contributed by atoms with E-state index in [0.717, 1.165) is 48.0 Å². The van der Waals surface area contributed by atoms with Crippen LogP contribution < -0.4 is 16.1 Å². The minimum absolute atomic E-state index is 0.135. The van der Waals surface area contributed by atoms with Crippen LogP contribution in [-0.2, 0) is 11.3 Å². The van der Waals surface area contributed by atoms with Gasteiger partial charge < -0.3 is 20.3 Å². The number of halogens is 1. The maximum atomic E-state index is 9.92. The summed E-state index contributed by atoms with van der Waals surface area (Å²) in [5, 5.41) is 17.1. The summed E-state index contributed by atoms with van der Waals surface area (Å²) in [6, 6.07) is 4.02. The first kappa shape index (κ1) is 19.9. The Morgan fingerprint density at radius 2 is 2.28 bits per heavy atom. The SMILES string of the molecule is C=N/C=C1\CCCCC1Nc1nc(Nc2cc(C)c3c(c2)COB3O)ncc1Cl. The molecule has 7 nitrogen and oxygen atoms in total. The molecule has 1 aliphatic carbocycles. The van der Waals surface area contributed by atoms with Crippen molar-refractivity contribution in [3.8, 4) is 0 Å². The van der Waals surface area contributed by atoms with Crippen LogP contribution in [0.15, 0.2) is 35.1 Å². The van der Waals surface area contributed by atoms with E-state index in [9.17, 15) is 5.02 Å². The molecule has 1 atom stereocenters. The van der Waals surface area contributed by atoms with Crippen LogP contribution in [0.5, 0.6) is 0 Å². The van der Waals surface area contributed by atoms with Gasteiger partial charge in [-0.3, -0.25) is 4.99 Å². The number of hydrogen-bond donors (Lipinski definition) is 3. The fourth-order valence-corrected chi connectivity index (χ4v) is 4.11. The lowest BCUT2D eigenvalue weighted by atomic mass is 9.76. The number of aryl methyl sites for hydroxylation is 1. The molecule has 9 heteroatoms. The monoisotopic (exact) mass is 411 g/mol. The maximum absolute atomic E-state index is 9.92. The lowest BCUT2D eigenvalue weighted by Crippen LogP contribution is -2.30. The minimum Gasteiger partial charge on any atom is -0.423 e. The Morgan fingerprint density at radius 3 is 3.10 bits per heavy atom. The number of nitrogens with zero attached hydrogens (tertiary/aromatic N) is 3. The van der Waals surface area contributed by atoms with Gasteiger partial charge in [0.25, 0.3) is 0 Å². The molecule has 1 aromatic heterocycles. The predicted octanol–water partition coefficient (Wildman–Crippen LogP) is 3.34. The summed E-state index contributed by atoms with van der Waals surface area (Å²) in [4.78, 5) is 12.8. The molecule has 4 rings (SSSR count). The van der Waals surface area contributed by atoms with Crippen molar-refractivity contribution in [3.63, 3.8) is 0 Å². The molecule has 29 heavy (non-hydrogen) atoms. The van der Waals surface area contributed by atoms with Gasteiger partial charge >= 0.3 is 7.12 Å². The van der Waals surface area contributed by atoms with Gasteiger partial charge in [0.15, 0.2) is 5.82 Å². The van der Waals surface area contributed by atoms with Crippen molar-refractivity contribution in [2.24, 2.45) is 4.99 Å². The largest absolute Gasteiger partial charge is 0.492 e. The van der Waals surface area contributed by atoms with Gasteiger partial charge in [-0.1, -0.05) is 18.0 Å². The number of aliphatic imine (C=N–C) groups is 1. The number of fused-ring (bicyclic) bond motifs is 1. The number of anilines is 3. The van der Waals surface area contributed by atoms with Gasteiger partial charge in [0.2, 0.25) is 5.95 Å². The zero-order valence-corrected chi connectivity index (χ0v) is 17.0. The van der Waals surface area contributed by atoms with E-state index >= 15 is 0 Å². The van der Waals surface area contributed by atoms with Crippen molar-refractivity contribution in [1.82, 2.24) is 9.97 Å². The maximum Gasteiger partial charge on any atom is 0.492 e. The molecule has 1 saturated carbocycles. The fraction of sp³-hybridized carbons (Fsp3) is 0.350. The van der Waals surface area contributed by atoms with Crippen LogP contribution in [0, 0.1) is 6.92 Å². The highest BCUT2D eigenvalue weighted by molar-refractivity contribution is 6.62. The first-order valence-electron chi connectivity index (χ1n) is 9.69. The first-order valence-corrected chi connectivity index (χ1v) is 10.1. The molecule has 2 aromatic rings. The van der Waals surface area contributed by atoms with Gasteiger partial charge in [-0.2, -0.15) is 4.98 Å². The van der Waals surface area contributed by atoms with Gasteiger partial charge in [-0.05, 0) is 67.2 Å². The molecular weight excluding hydrogens is 389 g/mol. The Morgan fingerprint density at radius 1 is 1.41 bits per heavy atom. The van der Waals surface area contributed by atoms with E-state index in [1.807, 2.05) is 25.3 Å².